The molecule has 0 saturated heterocycles. The second kappa shape index (κ2) is 4.32. The molecule has 3 aromatic rings. The van der Waals surface area contributed by atoms with Crippen molar-refractivity contribution in [1.82, 2.24) is 0 Å². The molecule has 0 aliphatic rings. The summed E-state index contributed by atoms with van der Waals surface area (Å²) in [5.41, 5.74) is 0. The van der Waals surface area contributed by atoms with Gasteiger partial charge in [-0.15, -0.1) is 0 Å². The molecule has 96 valence electrons. The topological polar surface area (TPSA) is 34.1 Å². The van der Waals surface area contributed by atoms with E-state index in [4.69, 9.17) is 0 Å². The van der Waals surface area contributed by atoms with Gasteiger partial charge in [0, 0.05) is 10.7 Å². The maximum Gasteiger partial charge on any atom is 0.175 e. The first-order valence-corrected chi connectivity index (χ1v) is 8.46. The largest absolute Gasteiger partial charge is 0.224 e. The molecule has 4 heteroatoms. The molecule has 0 fully saturated rings. The summed E-state index contributed by atoms with van der Waals surface area (Å²) in [4.78, 5) is 0.354. The van der Waals surface area contributed by atoms with Crippen LogP contribution in [0, 0.1) is 0 Å². The Kier molecular flexibility index (Phi) is 2.87. The van der Waals surface area contributed by atoms with E-state index in [1.807, 2.05) is 36.4 Å². The van der Waals surface area contributed by atoms with E-state index < -0.39 is 9.84 Å². The molecular formula is C15H11BrO2S. The number of sulfone groups is 1. The predicted octanol–water partition coefficient (Wildman–Crippen LogP) is 4.16. The monoisotopic (exact) mass is 334 g/mol. The lowest BCUT2D eigenvalue weighted by molar-refractivity contribution is 0.602. The first kappa shape index (κ1) is 12.6. The van der Waals surface area contributed by atoms with Crippen LogP contribution in [0.1, 0.15) is 0 Å². The van der Waals surface area contributed by atoms with E-state index >= 15 is 0 Å². The Morgan fingerprint density at radius 1 is 0.842 bits per heavy atom. The van der Waals surface area contributed by atoms with Crippen molar-refractivity contribution in [2.24, 2.45) is 0 Å². The average molecular weight is 335 g/mol. The summed E-state index contributed by atoms with van der Waals surface area (Å²) in [5, 5.41) is 4.15. The van der Waals surface area contributed by atoms with Gasteiger partial charge in [0.15, 0.2) is 9.84 Å². The van der Waals surface area contributed by atoms with Gasteiger partial charge in [-0.1, -0.05) is 40.2 Å². The zero-order valence-corrected chi connectivity index (χ0v) is 12.6. The molecule has 0 unspecified atom stereocenters. The molecule has 0 aromatic heterocycles. The van der Waals surface area contributed by atoms with Crippen molar-refractivity contribution in [3.05, 3.63) is 53.0 Å². The molecule has 2 nitrogen and oxygen atoms in total. The van der Waals surface area contributed by atoms with Crippen LogP contribution in [0.2, 0.25) is 0 Å². The molecule has 0 spiro atoms. The Hall–Kier alpha value is -1.39. The highest BCUT2D eigenvalue weighted by Crippen LogP contribution is 2.29. The molecule has 19 heavy (non-hydrogen) atoms. The van der Waals surface area contributed by atoms with Crippen molar-refractivity contribution in [1.29, 1.82) is 0 Å². The van der Waals surface area contributed by atoms with Gasteiger partial charge in [-0.2, -0.15) is 0 Å². The van der Waals surface area contributed by atoms with E-state index in [1.165, 1.54) is 6.26 Å². The van der Waals surface area contributed by atoms with Crippen LogP contribution in [-0.4, -0.2) is 14.7 Å². The summed E-state index contributed by atoms with van der Waals surface area (Å²) in [7, 11) is -3.18. The van der Waals surface area contributed by atoms with Crippen LogP contribution < -0.4 is 0 Å². The summed E-state index contributed by atoms with van der Waals surface area (Å²) < 4.78 is 24.3. The molecule has 3 rings (SSSR count). The highest BCUT2D eigenvalue weighted by atomic mass is 79.9. The number of fused-ring (bicyclic) bond motifs is 3. The Bertz CT molecular complexity index is 899. The van der Waals surface area contributed by atoms with Gasteiger partial charge in [-0.05, 0) is 45.8 Å². The fourth-order valence-corrected chi connectivity index (χ4v) is 3.24. The molecule has 0 amide bonds. The van der Waals surface area contributed by atoms with Gasteiger partial charge >= 0.3 is 0 Å². The van der Waals surface area contributed by atoms with Crippen molar-refractivity contribution >= 4 is 47.3 Å². The Labute approximate surface area is 120 Å². The highest BCUT2D eigenvalue weighted by molar-refractivity contribution is 9.10. The van der Waals surface area contributed by atoms with E-state index in [-0.39, 0.29) is 0 Å². The number of rotatable bonds is 1. The molecule has 0 N–H and O–H groups in total. The zero-order valence-electron chi connectivity index (χ0n) is 10.2. The standard InChI is InChI=1S/C15H11BrO2S/c1-19(17,18)13-7-5-11-3-2-10-4-6-12(16)8-14(10)15(11)9-13/h2-9H,1H3. The van der Waals surface area contributed by atoms with Crippen molar-refractivity contribution in [3.8, 4) is 0 Å². The van der Waals surface area contributed by atoms with Gasteiger partial charge in [0.05, 0.1) is 4.90 Å². The van der Waals surface area contributed by atoms with Gasteiger partial charge in [0.2, 0.25) is 0 Å². The van der Waals surface area contributed by atoms with E-state index in [2.05, 4.69) is 15.9 Å². The van der Waals surface area contributed by atoms with Gasteiger partial charge in [-0.25, -0.2) is 8.42 Å². The molecular weight excluding hydrogens is 324 g/mol. The summed E-state index contributed by atoms with van der Waals surface area (Å²) >= 11 is 3.46. The second-order valence-electron chi connectivity index (χ2n) is 4.59. The van der Waals surface area contributed by atoms with Gasteiger partial charge < -0.3 is 0 Å². The fraction of sp³-hybridized carbons (Fsp3) is 0.0667. The number of benzene rings is 3. The fourth-order valence-electron chi connectivity index (χ4n) is 2.23. The van der Waals surface area contributed by atoms with Crippen LogP contribution in [0.15, 0.2) is 57.9 Å². The molecule has 0 radical (unpaired) electrons. The van der Waals surface area contributed by atoms with E-state index in [0.717, 1.165) is 26.0 Å². The quantitative estimate of drug-likeness (QED) is 0.626. The van der Waals surface area contributed by atoms with Crippen LogP contribution in [0.4, 0.5) is 0 Å². The summed E-state index contributed by atoms with van der Waals surface area (Å²) in [6.07, 6.45) is 1.23. The normalized spacial score (nSPS) is 12.1. The van der Waals surface area contributed by atoms with E-state index in [9.17, 15) is 8.42 Å². The third kappa shape index (κ3) is 2.26. The minimum atomic E-state index is -3.18. The zero-order chi connectivity index (χ0) is 13.6. The Morgan fingerprint density at radius 3 is 2.00 bits per heavy atom. The van der Waals surface area contributed by atoms with Gasteiger partial charge in [0.25, 0.3) is 0 Å². The third-order valence-electron chi connectivity index (χ3n) is 3.20. The number of hydrogen-bond acceptors (Lipinski definition) is 2. The summed E-state index contributed by atoms with van der Waals surface area (Å²) in [6.45, 7) is 0. The summed E-state index contributed by atoms with van der Waals surface area (Å²) in [6, 6.07) is 15.3. The second-order valence-corrected chi connectivity index (χ2v) is 7.52. The maximum absolute atomic E-state index is 11.7. The van der Waals surface area contributed by atoms with Crippen molar-refractivity contribution < 1.29 is 8.42 Å². The predicted molar refractivity (Wildman–Crippen MR) is 82.3 cm³/mol. The Morgan fingerprint density at radius 2 is 1.37 bits per heavy atom. The molecule has 0 aliphatic heterocycles. The lowest BCUT2D eigenvalue weighted by atomic mass is 10.0. The Balaban J connectivity index is 2.48. The summed E-state index contributed by atoms with van der Waals surface area (Å²) in [5.74, 6) is 0. The van der Waals surface area contributed by atoms with Crippen LogP contribution >= 0.6 is 15.9 Å². The minimum Gasteiger partial charge on any atom is -0.224 e. The molecule has 0 saturated carbocycles. The third-order valence-corrected chi connectivity index (χ3v) is 4.80. The number of hydrogen-bond donors (Lipinski definition) is 0. The van der Waals surface area contributed by atoms with Crippen molar-refractivity contribution in [2.75, 3.05) is 6.26 Å². The molecule has 0 atom stereocenters. The smallest absolute Gasteiger partial charge is 0.175 e. The average Bonchev–Trinajstić information content (AvgIpc) is 2.37. The first-order chi connectivity index (χ1) is 8.95. The molecule has 0 heterocycles. The lowest BCUT2D eigenvalue weighted by Crippen LogP contribution is -1.96. The van der Waals surface area contributed by atoms with Crippen molar-refractivity contribution in [2.45, 2.75) is 4.90 Å². The highest BCUT2D eigenvalue weighted by Gasteiger charge is 2.09. The molecule has 0 aliphatic carbocycles. The van der Waals surface area contributed by atoms with Crippen LogP contribution in [0.5, 0.6) is 0 Å². The van der Waals surface area contributed by atoms with E-state index in [1.54, 1.807) is 12.1 Å². The minimum absolute atomic E-state index is 0.354. The first-order valence-electron chi connectivity index (χ1n) is 5.77. The van der Waals surface area contributed by atoms with E-state index in [0.29, 0.717) is 4.90 Å². The van der Waals surface area contributed by atoms with Crippen molar-refractivity contribution in [3.63, 3.8) is 0 Å². The van der Waals surface area contributed by atoms with Crippen LogP contribution in [-0.2, 0) is 9.84 Å². The van der Waals surface area contributed by atoms with Gasteiger partial charge in [0.1, 0.15) is 0 Å². The van der Waals surface area contributed by atoms with Crippen LogP contribution in [0.3, 0.4) is 0 Å². The van der Waals surface area contributed by atoms with Gasteiger partial charge in [-0.3, -0.25) is 0 Å². The lowest BCUT2D eigenvalue weighted by Gasteiger charge is -2.06. The molecule has 0 bridgehead atoms. The maximum atomic E-state index is 11.7. The molecule has 3 aromatic carbocycles. The number of halogens is 1. The van der Waals surface area contributed by atoms with Crippen LogP contribution in [0.25, 0.3) is 21.5 Å². The SMILES string of the molecule is CS(=O)(=O)c1ccc2ccc3ccc(Br)cc3c2c1.